The Labute approximate surface area is 266 Å². The first-order chi connectivity index (χ1) is 19.3. The average molecular weight is 655 g/mol. The van der Waals surface area contributed by atoms with Crippen molar-refractivity contribution in [1.29, 1.82) is 0 Å². The molecule has 0 radical (unpaired) electrons. The Kier molecular flexibility index (Phi) is 13.9. The van der Waals surface area contributed by atoms with Crippen LogP contribution in [0, 0.1) is 0 Å². The predicted molar refractivity (Wildman–Crippen MR) is 183 cm³/mol. The minimum atomic E-state index is 0.525. The lowest BCUT2D eigenvalue weighted by atomic mass is 10.3. The Balaban J connectivity index is 1.45. The van der Waals surface area contributed by atoms with Crippen LogP contribution < -0.4 is 31.9 Å². The van der Waals surface area contributed by atoms with Gasteiger partial charge in [-0.3, -0.25) is 4.90 Å². The molecule has 0 unspecified atom stereocenters. The van der Waals surface area contributed by atoms with Crippen LogP contribution in [0.25, 0.3) is 0 Å². The van der Waals surface area contributed by atoms with Gasteiger partial charge >= 0.3 is 0 Å². The molecule has 0 spiro atoms. The van der Waals surface area contributed by atoms with Crippen LogP contribution in [0.4, 0.5) is 17.1 Å². The van der Waals surface area contributed by atoms with Crippen LogP contribution >= 0.6 is 71.5 Å². The van der Waals surface area contributed by atoms with Gasteiger partial charge in [-0.05, 0) is 91.3 Å². The number of anilines is 3. The van der Waals surface area contributed by atoms with Gasteiger partial charge in [-0.2, -0.15) is 0 Å². The summed E-state index contributed by atoms with van der Waals surface area (Å²) in [7, 11) is 0. The van der Waals surface area contributed by atoms with Gasteiger partial charge in [-0.25, -0.2) is 0 Å². The number of hydrogen-bond donors (Lipinski definition) is 6. The molecule has 13 heteroatoms. The highest BCUT2D eigenvalue weighted by Gasteiger charge is 2.08. The van der Waals surface area contributed by atoms with E-state index in [9.17, 15) is 0 Å². The average Bonchev–Trinajstić information content (AvgIpc) is 2.88. The van der Waals surface area contributed by atoms with Crippen molar-refractivity contribution in [1.82, 2.24) is 20.9 Å². The van der Waals surface area contributed by atoms with Gasteiger partial charge in [-0.1, -0.05) is 53.0 Å². The van der Waals surface area contributed by atoms with E-state index in [1.165, 1.54) is 0 Å². The van der Waals surface area contributed by atoms with Gasteiger partial charge < -0.3 is 31.9 Å². The molecule has 0 saturated carbocycles. The third-order valence-electron chi connectivity index (χ3n) is 5.39. The quantitative estimate of drug-likeness (QED) is 0.127. The van der Waals surface area contributed by atoms with Gasteiger partial charge in [0.2, 0.25) is 0 Å². The molecule has 7 nitrogen and oxygen atoms in total. The third-order valence-corrected chi connectivity index (χ3v) is 6.83. The second kappa shape index (κ2) is 17.4. The molecular weight excluding hydrogens is 625 g/mol. The fourth-order valence-electron chi connectivity index (χ4n) is 3.54. The molecule has 0 aliphatic carbocycles. The molecule has 3 aromatic carbocycles. The molecule has 0 aromatic heterocycles. The SMILES string of the molecule is S=C(NCCN(CCNC(=S)Nc1cccc(Cl)c1)CCNC(=S)Nc1cccc(Cl)c1)Nc1cccc(Cl)c1. The number of hydrogen-bond acceptors (Lipinski definition) is 4. The molecule has 212 valence electrons. The largest absolute Gasteiger partial charge is 0.361 e. The van der Waals surface area contributed by atoms with E-state index in [0.717, 1.165) is 36.7 Å². The Hall–Kier alpha value is -2.44. The number of thiocarbonyl (C=S) groups is 3. The van der Waals surface area contributed by atoms with Gasteiger partial charge in [0, 0.05) is 71.4 Å². The summed E-state index contributed by atoms with van der Waals surface area (Å²) < 4.78 is 0. The fourth-order valence-corrected chi connectivity index (χ4v) is 4.77. The highest BCUT2D eigenvalue weighted by atomic mass is 35.5. The minimum absolute atomic E-state index is 0.525. The number of rotatable bonds is 12. The summed E-state index contributed by atoms with van der Waals surface area (Å²) >= 11 is 34.5. The van der Waals surface area contributed by atoms with Gasteiger partial charge in [-0.15, -0.1) is 0 Å². The van der Waals surface area contributed by atoms with Crippen LogP contribution in [-0.2, 0) is 0 Å². The lowest BCUT2D eigenvalue weighted by Crippen LogP contribution is -2.44. The van der Waals surface area contributed by atoms with Crippen LogP contribution in [0.2, 0.25) is 15.1 Å². The number of halogens is 3. The van der Waals surface area contributed by atoms with E-state index in [1.807, 2.05) is 72.8 Å². The summed E-state index contributed by atoms with van der Waals surface area (Å²) in [6, 6.07) is 22.2. The predicted octanol–water partition coefficient (Wildman–Crippen LogP) is 6.21. The van der Waals surface area contributed by atoms with E-state index in [1.54, 1.807) is 0 Å². The Bertz CT molecular complexity index is 1140. The number of nitrogens with one attached hydrogen (secondary N) is 6. The van der Waals surface area contributed by atoms with Gasteiger partial charge in [0.05, 0.1) is 0 Å². The molecule has 40 heavy (non-hydrogen) atoms. The van der Waals surface area contributed by atoms with Gasteiger partial charge in [0.25, 0.3) is 0 Å². The molecule has 0 bridgehead atoms. The van der Waals surface area contributed by atoms with E-state index in [0.29, 0.717) is 50.0 Å². The number of benzene rings is 3. The van der Waals surface area contributed by atoms with Crippen molar-refractivity contribution in [3.05, 3.63) is 87.9 Å². The Morgan fingerprint density at radius 3 is 1.10 bits per heavy atom. The van der Waals surface area contributed by atoms with Crippen molar-refractivity contribution < 1.29 is 0 Å². The van der Waals surface area contributed by atoms with Crippen molar-refractivity contribution in [2.24, 2.45) is 0 Å². The van der Waals surface area contributed by atoms with Crippen LogP contribution in [0.1, 0.15) is 0 Å². The van der Waals surface area contributed by atoms with Gasteiger partial charge in [0.15, 0.2) is 15.3 Å². The molecule has 0 atom stereocenters. The topological polar surface area (TPSA) is 75.4 Å². The molecule has 0 heterocycles. The zero-order valence-corrected chi connectivity index (χ0v) is 26.2. The van der Waals surface area contributed by atoms with Crippen molar-refractivity contribution in [3.63, 3.8) is 0 Å². The summed E-state index contributed by atoms with van der Waals surface area (Å²) in [5.41, 5.74) is 2.49. The summed E-state index contributed by atoms with van der Waals surface area (Å²) in [6.07, 6.45) is 0. The highest BCUT2D eigenvalue weighted by Crippen LogP contribution is 2.16. The van der Waals surface area contributed by atoms with Crippen molar-refractivity contribution in [2.75, 3.05) is 55.2 Å². The maximum Gasteiger partial charge on any atom is 0.170 e. The minimum Gasteiger partial charge on any atom is -0.361 e. The normalized spacial score (nSPS) is 10.5. The van der Waals surface area contributed by atoms with E-state index in [-0.39, 0.29) is 0 Å². The first-order valence-electron chi connectivity index (χ1n) is 12.4. The zero-order valence-electron chi connectivity index (χ0n) is 21.5. The molecule has 0 amide bonds. The summed E-state index contributed by atoms with van der Waals surface area (Å²) in [4.78, 5) is 2.28. The molecule has 0 fully saturated rings. The van der Waals surface area contributed by atoms with E-state index < -0.39 is 0 Å². The monoisotopic (exact) mass is 653 g/mol. The molecule has 3 rings (SSSR count). The summed E-state index contributed by atoms with van der Waals surface area (Å²) in [6.45, 7) is 4.14. The second-order valence-electron chi connectivity index (χ2n) is 8.52. The van der Waals surface area contributed by atoms with Crippen LogP contribution in [0.3, 0.4) is 0 Å². The maximum atomic E-state index is 6.06. The molecular formula is C27H30Cl3N7S3. The molecule has 0 aliphatic rings. The van der Waals surface area contributed by atoms with E-state index in [2.05, 4.69) is 36.8 Å². The lowest BCUT2D eigenvalue weighted by molar-refractivity contribution is 0.286. The molecule has 0 saturated heterocycles. The number of nitrogens with zero attached hydrogens (tertiary/aromatic N) is 1. The highest BCUT2D eigenvalue weighted by molar-refractivity contribution is 7.80. The Morgan fingerprint density at radius 2 is 0.825 bits per heavy atom. The smallest absolute Gasteiger partial charge is 0.170 e. The van der Waals surface area contributed by atoms with Crippen LogP contribution in [0.5, 0.6) is 0 Å². The second-order valence-corrected chi connectivity index (χ2v) is 11.0. The van der Waals surface area contributed by atoms with Crippen molar-refractivity contribution >= 4 is 104 Å². The van der Waals surface area contributed by atoms with Crippen molar-refractivity contribution in [2.45, 2.75) is 0 Å². The first-order valence-corrected chi connectivity index (χ1v) is 14.8. The van der Waals surface area contributed by atoms with Crippen LogP contribution in [0.15, 0.2) is 72.8 Å². The Morgan fingerprint density at radius 1 is 0.525 bits per heavy atom. The molecule has 6 N–H and O–H groups in total. The van der Waals surface area contributed by atoms with Gasteiger partial charge in [0.1, 0.15) is 0 Å². The molecule has 3 aromatic rings. The standard InChI is InChI=1S/C27H30Cl3N7S3/c28-19-4-1-7-22(16-19)34-25(38)31-10-13-37(14-11-32-26(39)35-23-8-2-5-20(29)17-23)15-12-33-27(40)36-24-9-3-6-21(30)18-24/h1-9,16-18H,10-15H2,(H2,31,34,38)(H2,32,35,39)(H2,33,36,40). The van der Waals surface area contributed by atoms with Crippen molar-refractivity contribution in [3.8, 4) is 0 Å². The van der Waals surface area contributed by atoms with E-state index >= 15 is 0 Å². The van der Waals surface area contributed by atoms with E-state index in [4.69, 9.17) is 71.5 Å². The summed E-state index contributed by atoms with van der Waals surface area (Å²) in [5, 5.41) is 22.7. The summed E-state index contributed by atoms with van der Waals surface area (Å²) in [5.74, 6) is 0. The first kappa shape index (κ1) is 32.1. The molecule has 0 aliphatic heterocycles. The fraction of sp³-hybridized carbons (Fsp3) is 0.222. The third kappa shape index (κ3) is 12.8. The lowest BCUT2D eigenvalue weighted by Gasteiger charge is -2.24. The zero-order chi connectivity index (χ0) is 28.7. The van der Waals surface area contributed by atoms with Crippen LogP contribution in [-0.4, -0.2) is 59.5 Å². The maximum absolute atomic E-state index is 6.06.